The molecule has 1 aliphatic carbocycles. The first kappa shape index (κ1) is 20.7. The molecule has 0 unspecified atom stereocenters. The molecule has 0 saturated heterocycles. The molecule has 0 radical (unpaired) electrons. The van der Waals surface area contributed by atoms with Gasteiger partial charge in [0.25, 0.3) is 5.91 Å². The standard InChI is InChI=1S/C19H30N2O4S/c1-3-4-14-20-26(23,24)18-12-10-17(11-13-18)25-15(2)19(22)21-16-8-6-5-7-9-16/h10-13,15-16,20H,3-9,14H2,1-2H3,(H,21,22)/t15-/m1/s1. The Hall–Kier alpha value is -1.60. The first-order valence-corrected chi connectivity index (χ1v) is 11.0. The van der Waals surface area contributed by atoms with E-state index in [2.05, 4.69) is 10.0 Å². The Morgan fingerprint density at radius 2 is 1.85 bits per heavy atom. The van der Waals surface area contributed by atoms with Gasteiger partial charge in [0.1, 0.15) is 5.75 Å². The van der Waals surface area contributed by atoms with Crippen molar-refractivity contribution in [2.45, 2.75) is 75.8 Å². The second kappa shape index (κ2) is 9.92. The second-order valence-electron chi connectivity index (χ2n) is 6.83. The van der Waals surface area contributed by atoms with Gasteiger partial charge in [0.05, 0.1) is 4.90 Å². The van der Waals surface area contributed by atoms with Crippen LogP contribution in [0.4, 0.5) is 0 Å². The zero-order chi connectivity index (χ0) is 19.0. The van der Waals surface area contributed by atoms with Crippen LogP contribution < -0.4 is 14.8 Å². The number of amides is 1. The summed E-state index contributed by atoms with van der Waals surface area (Å²) >= 11 is 0. The number of carbonyl (C=O) groups excluding carboxylic acids is 1. The third kappa shape index (κ3) is 6.29. The van der Waals surface area contributed by atoms with Gasteiger partial charge >= 0.3 is 0 Å². The van der Waals surface area contributed by atoms with Gasteiger partial charge in [-0.3, -0.25) is 4.79 Å². The zero-order valence-corrected chi connectivity index (χ0v) is 16.5. The monoisotopic (exact) mass is 382 g/mol. The van der Waals surface area contributed by atoms with Crippen LogP contribution in [0.3, 0.4) is 0 Å². The van der Waals surface area contributed by atoms with E-state index in [1.807, 2.05) is 6.92 Å². The van der Waals surface area contributed by atoms with Crippen LogP contribution in [0.15, 0.2) is 29.2 Å². The Kier molecular flexibility index (Phi) is 7.90. The summed E-state index contributed by atoms with van der Waals surface area (Å²) in [6, 6.07) is 6.39. The van der Waals surface area contributed by atoms with Gasteiger partial charge in [-0.25, -0.2) is 13.1 Å². The molecule has 2 rings (SSSR count). The topological polar surface area (TPSA) is 84.5 Å². The van der Waals surface area contributed by atoms with Crippen molar-refractivity contribution in [1.29, 1.82) is 0 Å². The lowest BCUT2D eigenvalue weighted by molar-refractivity contribution is -0.128. The van der Waals surface area contributed by atoms with E-state index in [0.717, 1.165) is 38.5 Å². The molecule has 1 aliphatic rings. The number of nitrogens with one attached hydrogen (secondary N) is 2. The predicted octanol–water partition coefficient (Wildman–Crippen LogP) is 2.98. The van der Waals surface area contributed by atoms with Crippen molar-refractivity contribution in [1.82, 2.24) is 10.0 Å². The van der Waals surface area contributed by atoms with Gasteiger partial charge < -0.3 is 10.1 Å². The Morgan fingerprint density at radius 3 is 2.46 bits per heavy atom. The average Bonchev–Trinajstić information content (AvgIpc) is 2.63. The average molecular weight is 383 g/mol. The van der Waals surface area contributed by atoms with Crippen molar-refractivity contribution in [2.75, 3.05) is 6.54 Å². The molecule has 2 N–H and O–H groups in total. The Bertz CT molecular complexity index is 667. The molecule has 146 valence electrons. The summed E-state index contributed by atoms with van der Waals surface area (Å²) in [5.41, 5.74) is 0. The molecule has 1 aromatic rings. The lowest BCUT2D eigenvalue weighted by Crippen LogP contribution is -2.43. The van der Waals surface area contributed by atoms with E-state index in [-0.39, 0.29) is 16.8 Å². The fraction of sp³-hybridized carbons (Fsp3) is 0.632. The van der Waals surface area contributed by atoms with E-state index in [1.54, 1.807) is 19.1 Å². The number of benzene rings is 1. The van der Waals surface area contributed by atoms with Gasteiger partial charge in [-0.1, -0.05) is 32.6 Å². The number of rotatable bonds is 9. The van der Waals surface area contributed by atoms with Gasteiger partial charge in [0.15, 0.2) is 6.10 Å². The van der Waals surface area contributed by atoms with E-state index in [9.17, 15) is 13.2 Å². The number of sulfonamides is 1. The normalized spacial score (nSPS) is 16.8. The van der Waals surface area contributed by atoms with E-state index in [1.165, 1.54) is 18.6 Å². The molecular formula is C19H30N2O4S. The maximum Gasteiger partial charge on any atom is 0.260 e. The highest BCUT2D eigenvalue weighted by Gasteiger charge is 2.21. The quantitative estimate of drug-likeness (QED) is 0.643. The van der Waals surface area contributed by atoms with E-state index >= 15 is 0 Å². The van der Waals surface area contributed by atoms with Gasteiger partial charge in [0, 0.05) is 12.6 Å². The summed E-state index contributed by atoms with van der Waals surface area (Å²) in [6.45, 7) is 4.14. The molecule has 0 aromatic heterocycles. The van der Waals surface area contributed by atoms with Crippen molar-refractivity contribution >= 4 is 15.9 Å². The second-order valence-corrected chi connectivity index (χ2v) is 8.59. The van der Waals surface area contributed by atoms with E-state index in [0.29, 0.717) is 12.3 Å². The first-order valence-electron chi connectivity index (χ1n) is 9.49. The minimum absolute atomic E-state index is 0.130. The minimum Gasteiger partial charge on any atom is -0.481 e. The molecule has 0 aliphatic heterocycles. The molecular weight excluding hydrogens is 352 g/mol. The van der Waals surface area contributed by atoms with Crippen molar-refractivity contribution in [3.8, 4) is 5.75 Å². The summed E-state index contributed by atoms with van der Waals surface area (Å²) in [6.07, 6.45) is 6.70. The highest BCUT2D eigenvalue weighted by molar-refractivity contribution is 7.89. The number of unbranched alkanes of at least 4 members (excludes halogenated alkanes) is 1. The van der Waals surface area contributed by atoms with Crippen LogP contribution in [0.25, 0.3) is 0 Å². The Labute approximate surface area is 156 Å². The first-order chi connectivity index (χ1) is 12.4. The van der Waals surface area contributed by atoms with Crippen molar-refractivity contribution in [2.24, 2.45) is 0 Å². The molecule has 1 amide bonds. The van der Waals surface area contributed by atoms with Gasteiger partial charge in [-0.2, -0.15) is 0 Å². The number of hydrogen-bond acceptors (Lipinski definition) is 4. The third-order valence-corrected chi connectivity index (χ3v) is 6.07. The van der Waals surface area contributed by atoms with E-state index < -0.39 is 16.1 Å². The Balaban J connectivity index is 1.88. The van der Waals surface area contributed by atoms with Crippen LogP contribution in [0.5, 0.6) is 5.75 Å². The number of hydrogen-bond donors (Lipinski definition) is 2. The summed E-state index contributed by atoms with van der Waals surface area (Å²) in [5.74, 6) is 0.346. The maximum atomic E-state index is 12.2. The molecule has 1 aromatic carbocycles. The van der Waals surface area contributed by atoms with E-state index in [4.69, 9.17) is 4.74 Å². The molecule has 1 fully saturated rings. The van der Waals surface area contributed by atoms with Gasteiger partial charge in [-0.15, -0.1) is 0 Å². The summed E-state index contributed by atoms with van der Waals surface area (Å²) in [5, 5.41) is 3.03. The van der Waals surface area contributed by atoms with Crippen LogP contribution >= 0.6 is 0 Å². The van der Waals surface area contributed by atoms with Crippen LogP contribution in [0.1, 0.15) is 58.8 Å². The summed E-state index contributed by atoms with van der Waals surface area (Å²) in [7, 11) is -3.50. The highest BCUT2D eigenvalue weighted by Crippen LogP contribution is 2.19. The Morgan fingerprint density at radius 1 is 1.19 bits per heavy atom. The number of ether oxygens (including phenoxy) is 1. The maximum absolute atomic E-state index is 12.2. The fourth-order valence-electron chi connectivity index (χ4n) is 2.99. The highest BCUT2D eigenvalue weighted by atomic mass is 32.2. The largest absolute Gasteiger partial charge is 0.481 e. The molecule has 26 heavy (non-hydrogen) atoms. The predicted molar refractivity (Wildman–Crippen MR) is 102 cm³/mol. The minimum atomic E-state index is -3.50. The third-order valence-electron chi connectivity index (χ3n) is 4.59. The lowest BCUT2D eigenvalue weighted by atomic mass is 9.95. The van der Waals surface area contributed by atoms with Gasteiger partial charge in [-0.05, 0) is 50.5 Å². The van der Waals surface area contributed by atoms with Crippen molar-refractivity contribution < 1.29 is 17.9 Å². The van der Waals surface area contributed by atoms with Crippen LogP contribution in [-0.4, -0.2) is 33.0 Å². The SMILES string of the molecule is CCCCNS(=O)(=O)c1ccc(O[C@H](C)C(=O)NC2CCCCC2)cc1. The number of carbonyl (C=O) groups is 1. The summed E-state index contributed by atoms with van der Waals surface area (Å²) < 4.78 is 32.5. The fourth-order valence-corrected chi connectivity index (χ4v) is 4.06. The molecule has 0 heterocycles. The zero-order valence-electron chi connectivity index (χ0n) is 15.7. The lowest BCUT2D eigenvalue weighted by Gasteiger charge is -2.24. The smallest absolute Gasteiger partial charge is 0.260 e. The van der Waals surface area contributed by atoms with Crippen LogP contribution in [0.2, 0.25) is 0 Å². The molecule has 1 atom stereocenters. The van der Waals surface area contributed by atoms with Crippen molar-refractivity contribution in [3.63, 3.8) is 0 Å². The molecule has 0 spiro atoms. The van der Waals surface area contributed by atoms with Crippen LogP contribution in [0, 0.1) is 0 Å². The molecule has 1 saturated carbocycles. The van der Waals surface area contributed by atoms with Crippen molar-refractivity contribution in [3.05, 3.63) is 24.3 Å². The van der Waals surface area contributed by atoms with Crippen LogP contribution in [-0.2, 0) is 14.8 Å². The molecule has 0 bridgehead atoms. The van der Waals surface area contributed by atoms with Gasteiger partial charge in [0.2, 0.25) is 10.0 Å². The summed E-state index contributed by atoms with van der Waals surface area (Å²) in [4.78, 5) is 12.4. The molecule has 6 nitrogen and oxygen atoms in total. The molecule has 7 heteroatoms.